The van der Waals surface area contributed by atoms with E-state index in [1.165, 1.54) is 0 Å². The number of thiol groups is 1. The van der Waals surface area contributed by atoms with Crippen molar-refractivity contribution >= 4 is 36.3 Å². The van der Waals surface area contributed by atoms with Gasteiger partial charge in [-0.3, -0.25) is 9.59 Å². The lowest BCUT2D eigenvalue weighted by Crippen LogP contribution is -2.10. The third kappa shape index (κ3) is 13.6. The maximum Gasteiger partial charge on any atom is 0.303 e. The number of unbranched alkanes of at least 4 members (excludes halogenated alkanes) is 1. The van der Waals surface area contributed by atoms with Crippen LogP contribution in [0.4, 0.5) is 0 Å². The van der Waals surface area contributed by atoms with Crippen molar-refractivity contribution in [1.29, 1.82) is 0 Å². The average molecular weight is 305 g/mol. The molecule has 0 saturated carbocycles. The smallest absolute Gasteiger partial charge is 0.303 e. The SMILES string of the molecule is C=C(CCC(=O)O)SCCC(S)CCCCC(N)=O. The summed E-state index contributed by atoms with van der Waals surface area (Å²) in [5.41, 5.74) is 5.06. The van der Waals surface area contributed by atoms with Gasteiger partial charge in [-0.2, -0.15) is 12.6 Å². The van der Waals surface area contributed by atoms with Crippen molar-refractivity contribution in [2.24, 2.45) is 5.73 Å². The number of allylic oxidation sites excluding steroid dienone is 1. The van der Waals surface area contributed by atoms with Gasteiger partial charge in [-0.05, 0) is 36.3 Å². The van der Waals surface area contributed by atoms with E-state index in [-0.39, 0.29) is 12.3 Å². The van der Waals surface area contributed by atoms with Crippen LogP contribution in [0.2, 0.25) is 0 Å². The van der Waals surface area contributed by atoms with Crippen LogP contribution >= 0.6 is 24.4 Å². The van der Waals surface area contributed by atoms with E-state index in [4.69, 9.17) is 10.8 Å². The molecule has 19 heavy (non-hydrogen) atoms. The van der Waals surface area contributed by atoms with Crippen LogP contribution in [0.3, 0.4) is 0 Å². The molecule has 1 unspecified atom stereocenters. The van der Waals surface area contributed by atoms with Gasteiger partial charge in [0, 0.05) is 18.1 Å². The zero-order chi connectivity index (χ0) is 14.7. The summed E-state index contributed by atoms with van der Waals surface area (Å²) >= 11 is 6.10. The summed E-state index contributed by atoms with van der Waals surface area (Å²) in [4.78, 5) is 21.8. The van der Waals surface area contributed by atoms with E-state index < -0.39 is 5.97 Å². The fourth-order valence-corrected chi connectivity index (χ4v) is 2.91. The lowest BCUT2D eigenvalue weighted by atomic mass is 10.1. The first kappa shape index (κ1) is 18.4. The quantitative estimate of drug-likeness (QED) is 0.382. The third-order valence-corrected chi connectivity index (χ3v) is 4.15. The number of carboxylic acid groups (broad SMARTS) is 1. The molecule has 0 saturated heterocycles. The minimum atomic E-state index is -0.789. The first-order valence-electron chi connectivity index (χ1n) is 6.40. The summed E-state index contributed by atoms with van der Waals surface area (Å²) in [6.45, 7) is 3.84. The number of hydrogen-bond donors (Lipinski definition) is 3. The molecule has 6 heteroatoms. The van der Waals surface area contributed by atoms with Crippen molar-refractivity contribution in [1.82, 2.24) is 0 Å². The van der Waals surface area contributed by atoms with Gasteiger partial charge in [0.2, 0.25) is 5.91 Å². The Balaban J connectivity index is 3.46. The second-order valence-corrected chi connectivity index (χ2v) is 6.44. The van der Waals surface area contributed by atoms with Gasteiger partial charge in [0.1, 0.15) is 0 Å². The number of carbonyl (C=O) groups is 2. The highest BCUT2D eigenvalue weighted by Crippen LogP contribution is 2.22. The number of primary amides is 1. The number of thioether (sulfide) groups is 1. The van der Waals surface area contributed by atoms with Crippen LogP contribution in [0.1, 0.15) is 44.9 Å². The van der Waals surface area contributed by atoms with Crippen LogP contribution in [-0.4, -0.2) is 28.0 Å². The van der Waals surface area contributed by atoms with Gasteiger partial charge in [-0.1, -0.05) is 13.0 Å². The minimum absolute atomic E-state index is 0.142. The van der Waals surface area contributed by atoms with Crippen LogP contribution in [-0.2, 0) is 9.59 Å². The van der Waals surface area contributed by atoms with Gasteiger partial charge in [-0.15, -0.1) is 11.8 Å². The van der Waals surface area contributed by atoms with E-state index in [0.717, 1.165) is 36.3 Å². The van der Waals surface area contributed by atoms with Gasteiger partial charge in [0.05, 0.1) is 0 Å². The second-order valence-electron chi connectivity index (χ2n) is 4.44. The van der Waals surface area contributed by atoms with Crippen molar-refractivity contribution < 1.29 is 14.7 Å². The molecule has 0 aromatic carbocycles. The van der Waals surface area contributed by atoms with Gasteiger partial charge in [0.15, 0.2) is 0 Å². The average Bonchev–Trinajstić information content (AvgIpc) is 2.32. The topological polar surface area (TPSA) is 80.4 Å². The monoisotopic (exact) mass is 305 g/mol. The van der Waals surface area contributed by atoms with Crippen LogP contribution in [0.15, 0.2) is 11.5 Å². The molecular formula is C13H23NO3S2. The largest absolute Gasteiger partial charge is 0.481 e. The fraction of sp³-hybridized carbons (Fsp3) is 0.692. The predicted molar refractivity (Wildman–Crippen MR) is 83.5 cm³/mol. The molecule has 110 valence electrons. The summed E-state index contributed by atoms with van der Waals surface area (Å²) in [6, 6.07) is 0. The lowest BCUT2D eigenvalue weighted by Gasteiger charge is -2.10. The van der Waals surface area contributed by atoms with Crippen molar-refractivity contribution in [2.45, 2.75) is 50.2 Å². The molecule has 0 aliphatic carbocycles. The van der Waals surface area contributed by atoms with Gasteiger partial charge in [0.25, 0.3) is 0 Å². The molecule has 0 aromatic heterocycles. The molecule has 0 fully saturated rings. The number of amides is 1. The first-order chi connectivity index (χ1) is 8.91. The van der Waals surface area contributed by atoms with E-state index in [1.807, 2.05) is 0 Å². The molecule has 0 aliphatic heterocycles. The maximum absolute atomic E-state index is 10.5. The van der Waals surface area contributed by atoms with E-state index in [1.54, 1.807) is 11.8 Å². The van der Waals surface area contributed by atoms with Crippen LogP contribution in [0.25, 0.3) is 0 Å². The Morgan fingerprint density at radius 3 is 2.47 bits per heavy atom. The molecule has 0 spiro atoms. The summed E-state index contributed by atoms with van der Waals surface area (Å²) in [5.74, 6) is -0.133. The van der Waals surface area contributed by atoms with Gasteiger partial charge in [-0.25, -0.2) is 0 Å². The highest BCUT2D eigenvalue weighted by Gasteiger charge is 2.05. The first-order valence-corrected chi connectivity index (χ1v) is 7.90. The Morgan fingerprint density at radius 1 is 1.21 bits per heavy atom. The number of aliphatic carboxylic acids is 1. The van der Waals surface area contributed by atoms with Crippen molar-refractivity contribution in [2.75, 3.05) is 5.75 Å². The van der Waals surface area contributed by atoms with Crippen LogP contribution in [0, 0.1) is 0 Å². The highest BCUT2D eigenvalue weighted by molar-refractivity contribution is 8.03. The zero-order valence-corrected chi connectivity index (χ0v) is 12.8. The molecule has 0 aromatic rings. The standard InChI is InChI=1S/C13H23NO3S2/c1-10(6-7-13(16)17)19-9-8-11(18)4-2-3-5-12(14)15/h11,18H,1-9H2,(H2,14,15)(H,16,17). The molecule has 0 heterocycles. The predicted octanol–water partition coefficient (Wildman–Crippen LogP) is 2.83. The highest BCUT2D eigenvalue weighted by atomic mass is 32.2. The second kappa shape index (κ2) is 11.2. The van der Waals surface area contributed by atoms with E-state index in [0.29, 0.717) is 18.1 Å². The summed E-state index contributed by atoms with van der Waals surface area (Å²) in [7, 11) is 0. The zero-order valence-electron chi connectivity index (χ0n) is 11.1. The Kier molecular flexibility index (Phi) is 10.9. The van der Waals surface area contributed by atoms with E-state index >= 15 is 0 Å². The van der Waals surface area contributed by atoms with Crippen LogP contribution in [0.5, 0.6) is 0 Å². The minimum Gasteiger partial charge on any atom is -0.481 e. The van der Waals surface area contributed by atoms with Gasteiger partial charge < -0.3 is 10.8 Å². The van der Waals surface area contributed by atoms with Crippen molar-refractivity contribution in [3.8, 4) is 0 Å². The summed E-state index contributed by atoms with van der Waals surface area (Å²) in [6.07, 6.45) is 4.82. The van der Waals surface area contributed by atoms with Crippen LogP contribution < -0.4 is 5.73 Å². The Morgan fingerprint density at radius 2 is 1.89 bits per heavy atom. The molecule has 0 radical (unpaired) electrons. The number of hydrogen-bond acceptors (Lipinski definition) is 4. The molecule has 0 bridgehead atoms. The lowest BCUT2D eigenvalue weighted by molar-refractivity contribution is -0.136. The molecular weight excluding hydrogens is 282 g/mol. The number of carbonyl (C=O) groups excluding carboxylic acids is 1. The Labute approximate surface area is 124 Å². The molecule has 3 N–H and O–H groups in total. The summed E-state index contributed by atoms with van der Waals surface area (Å²) in [5, 5.41) is 8.85. The normalized spacial score (nSPS) is 12.1. The Hall–Kier alpha value is -0.620. The number of nitrogens with two attached hydrogens (primary N) is 1. The van der Waals surface area contributed by atoms with Crippen molar-refractivity contribution in [3.05, 3.63) is 11.5 Å². The number of carboxylic acids is 1. The third-order valence-electron chi connectivity index (χ3n) is 2.59. The van der Waals surface area contributed by atoms with Crippen molar-refractivity contribution in [3.63, 3.8) is 0 Å². The molecule has 0 aliphatic rings. The summed E-state index contributed by atoms with van der Waals surface area (Å²) < 4.78 is 0. The van der Waals surface area contributed by atoms with E-state index in [2.05, 4.69) is 19.2 Å². The molecule has 4 nitrogen and oxygen atoms in total. The fourth-order valence-electron chi connectivity index (χ4n) is 1.48. The molecule has 0 rings (SSSR count). The van der Waals surface area contributed by atoms with Gasteiger partial charge >= 0.3 is 5.97 Å². The maximum atomic E-state index is 10.5. The molecule has 1 atom stereocenters. The van der Waals surface area contributed by atoms with E-state index in [9.17, 15) is 9.59 Å². The molecule has 1 amide bonds. The Bertz CT molecular complexity index is 308. The number of rotatable bonds is 12.